The van der Waals surface area contributed by atoms with E-state index in [0.29, 0.717) is 40.8 Å². The van der Waals surface area contributed by atoms with Gasteiger partial charge < -0.3 is 19.9 Å². The van der Waals surface area contributed by atoms with Crippen LogP contribution in [0.5, 0.6) is 17.2 Å². The number of aromatic nitrogens is 5. The Balaban J connectivity index is 1.70. The Morgan fingerprint density at radius 3 is 2.64 bits per heavy atom. The van der Waals surface area contributed by atoms with Crippen molar-refractivity contribution in [2.45, 2.75) is 13.8 Å². The number of amides is 1. The quantitative estimate of drug-likeness (QED) is 0.262. The minimum atomic E-state index is -0.604. The van der Waals surface area contributed by atoms with Gasteiger partial charge in [0.25, 0.3) is 5.91 Å². The number of anilines is 1. The van der Waals surface area contributed by atoms with Crippen LogP contribution in [0.25, 0.3) is 17.1 Å². The summed E-state index contributed by atoms with van der Waals surface area (Å²) in [6, 6.07) is 12.4. The van der Waals surface area contributed by atoms with Crippen LogP contribution in [0.4, 0.5) is 5.82 Å². The molecule has 0 unspecified atom stereocenters. The summed E-state index contributed by atoms with van der Waals surface area (Å²) in [6.45, 7) is 4.09. The number of methoxy groups -OCH3 is 2. The number of carbonyl (C=O) groups is 1. The van der Waals surface area contributed by atoms with E-state index in [1.54, 1.807) is 63.6 Å². The van der Waals surface area contributed by atoms with Crippen LogP contribution in [0, 0.1) is 0 Å². The highest BCUT2D eigenvalue weighted by Gasteiger charge is 2.25. The maximum absolute atomic E-state index is 13.2. The highest BCUT2D eigenvalue weighted by molar-refractivity contribution is 6.02. The molecule has 0 radical (unpaired) electrons. The zero-order chi connectivity index (χ0) is 25.7. The van der Waals surface area contributed by atoms with Crippen LogP contribution in [0.2, 0.25) is 0 Å². The maximum atomic E-state index is 13.2. The second-order valence-corrected chi connectivity index (χ2v) is 7.34. The van der Waals surface area contributed by atoms with E-state index in [-0.39, 0.29) is 17.3 Å². The third kappa shape index (κ3) is 4.80. The molecule has 1 amide bonds. The van der Waals surface area contributed by atoms with Gasteiger partial charge >= 0.3 is 0 Å². The molecule has 13 nitrogen and oxygen atoms in total. The molecule has 0 atom stereocenters. The zero-order valence-electron chi connectivity index (χ0n) is 20.1. The first kappa shape index (κ1) is 24.2. The Morgan fingerprint density at radius 2 is 1.94 bits per heavy atom. The van der Waals surface area contributed by atoms with Gasteiger partial charge in [0.15, 0.2) is 17.2 Å². The largest absolute Gasteiger partial charge is 0.494 e. The van der Waals surface area contributed by atoms with E-state index in [9.17, 15) is 4.79 Å². The molecule has 13 heteroatoms. The summed E-state index contributed by atoms with van der Waals surface area (Å²) in [5, 5.41) is 19.7. The Kier molecular flexibility index (Phi) is 7.09. The van der Waals surface area contributed by atoms with Crippen LogP contribution in [-0.2, 0) is 0 Å². The van der Waals surface area contributed by atoms with Crippen molar-refractivity contribution in [2.75, 3.05) is 26.6 Å². The summed E-state index contributed by atoms with van der Waals surface area (Å²) < 4.78 is 22.2. The molecule has 0 spiro atoms. The lowest BCUT2D eigenvalue weighted by atomic mass is 10.1. The van der Waals surface area contributed by atoms with E-state index in [0.717, 1.165) is 5.56 Å². The molecule has 186 valence electrons. The fourth-order valence-electron chi connectivity index (χ4n) is 3.39. The predicted octanol–water partition coefficient (Wildman–Crippen LogP) is 2.47. The van der Waals surface area contributed by atoms with E-state index < -0.39 is 5.91 Å². The molecule has 0 fully saturated rings. The third-order valence-electron chi connectivity index (χ3n) is 5.13. The number of hydrogen-bond donors (Lipinski definition) is 2. The first-order chi connectivity index (χ1) is 17.5. The number of carbonyl (C=O) groups excluding carboxylic acids is 1. The lowest BCUT2D eigenvalue weighted by Gasteiger charge is -2.10. The van der Waals surface area contributed by atoms with Crippen LogP contribution in [0.1, 0.15) is 29.9 Å². The average molecular weight is 492 g/mol. The molecule has 2 heterocycles. The molecular weight excluding hydrogens is 468 g/mol. The number of nitrogen functional groups attached to an aromatic ring is 1. The van der Waals surface area contributed by atoms with Crippen molar-refractivity contribution in [1.29, 1.82) is 0 Å². The topological polar surface area (TPSA) is 165 Å². The minimum Gasteiger partial charge on any atom is -0.494 e. The van der Waals surface area contributed by atoms with Gasteiger partial charge in [-0.1, -0.05) is 17.3 Å². The average Bonchev–Trinajstić information content (AvgIpc) is 3.53. The fourth-order valence-corrected chi connectivity index (χ4v) is 3.39. The fraction of sp³-hybridized carbons (Fsp3) is 0.217. The smallest absolute Gasteiger partial charge is 0.294 e. The van der Waals surface area contributed by atoms with Crippen LogP contribution >= 0.6 is 0 Å². The summed E-state index contributed by atoms with van der Waals surface area (Å²) in [4.78, 5) is 13.2. The number of ether oxygens (including phenoxy) is 3. The van der Waals surface area contributed by atoms with Gasteiger partial charge in [-0.05, 0) is 54.5 Å². The molecule has 0 bridgehead atoms. The summed E-state index contributed by atoms with van der Waals surface area (Å²) in [7, 11) is 3.09. The second kappa shape index (κ2) is 10.5. The standard InChI is InChI=1S/C23H24N8O5/c1-5-35-16-8-6-7-15(11-16)20-19(26-30-31(20)22-21(24)28-36-29-22)23(32)27-25-13(2)14-9-10-17(33-3)18(12-14)34-4/h6-12H,5H2,1-4H3,(H2,24,28)(H,27,32)/b25-13+. The zero-order valence-corrected chi connectivity index (χ0v) is 20.1. The van der Waals surface area contributed by atoms with E-state index in [1.807, 2.05) is 6.92 Å². The Hall–Kier alpha value is -4.94. The second-order valence-electron chi connectivity index (χ2n) is 7.34. The van der Waals surface area contributed by atoms with E-state index in [4.69, 9.17) is 24.6 Å². The van der Waals surface area contributed by atoms with Crippen molar-refractivity contribution in [2.24, 2.45) is 5.10 Å². The summed E-state index contributed by atoms with van der Waals surface area (Å²) in [5.41, 5.74) is 10.5. The van der Waals surface area contributed by atoms with Crippen LogP contribution < -0.4 is 25.4 Å². The first-order valence-corrected chi connectivity index (χ1v) is 10.8. The van der Waals surface area contributed by atoms with Crippen molar-refractivity contribution in [3.8, 4) is 34.3 Å². The Bertz CT molecular complexity index is 1410. The number of nitrogens with one attached hydrogen (secondary N) is 1. The van der Waals surface area contributed by atoms with E-state index in [2.05, 4.69) is 31.2 Å². The van der Waals surface area contributed by atoms with Crippen molar-refractivity contribution < 1.29 is 23.6 Å². The SMILES string of the molecule is CCOc1cccc(-c2c(C(=O)N/N=C(\C)c3ccc(OC)c(OC)c3)nnn2-c2nonc2N)c1. The van der Waals surface area contributed by atoms with Gasteiger partial charge in [-0.3, -0.25) is 4.79 Å². The predicted molar refractivity (Wildman–Crippen MR) is 129 cm³/mol. The van der Waals surface area contributed by atoms with Gasteiger partial charge in [0.2, 0.25) is 11.6 Å². The number of rotatable bonds is 9. The maximum Gasteiger partial charge on any atom is 0.294 e. The molecule has 2 aromatic heterocycles. The monoisotopic (exact) mass is 492 g/mol. The van der Waals surface area contributed by atoms with Gasteiger partial charge in [0.1, 0.15) is 11.4 Å². The Labute approximate surface area is 205 Å². The van der Waals surface area contributed by atoms with Crippen molar-refractivity contribution >= 4 is 17.4 Å². The molecule has 0 saturated carbocycles. The van der Waals surface area contributed by atoms with Gasteiger partial charge in [-0.15, -0.1) is 5.10 Å². The molecular formula is C23H24N8O5. The van der Waals surface area contributed by atoms with Gasteiger partial charge in [0, 0.05) is 11.1 Å². The molecule has 2 aromatic carbocycles. The van der Waals surface area contributed by atoms with E-state index >= 15 is 0 Å². The summed E-state index contributed by atoms with van der Waals surface area (Å²) in [6.07, 6.45) is 0. The van der Waals surface area contributed by atoms with Crippen LogP contribution in [0.15, 0.2) is 52.2 Å². The summed E-state index contributed by atoms with van der Waals surface area (Å²) >= 11 is 0. The minimum absolute atomic E-state index is 0.0172. The van der Waals surface area contributed by atoms with Crippen molar-refractivity contribution in [3.05, 3.63) is 53.7 Å². The van der Waals surface area contributed by atoms with Gasteiger partial charge in [-0.25, -0.2) is 10.1 Å². The van der Waals surface area contributed by atoms with Crippen LogP contribution in [-0.4, -0.2) is 57.8 Å². The lowest BCUT2D eigenvalue weighted by Crippen LogP contribution is -2.21. The van der Waals surface area contributed by atoms with Crippen molar-refractivity contribution in [3.63, 3.8) is 0 Å². The van der Waals surface area contributed by atoms with Crippen LogP contribution in [0.3, 0.4) is 0 Å². The van der Waals surface area contributed by atoms with Crippen molar-refractivity contribution in [1.82, 2.24) is 30.7 Å². The number of benzene rings is 2. The van der Waals surface area contributed by atoms with Gasteiger partial charge in [-0.2, -0.15) is 9.78 Å². The molecule has 36 heavy (non-hydrogen) atoms. The molecule has 4 aromatic rings. The summed E-state index contributed by atoms with van der Waals surface area (Å²) in [5.74, 6) is 1.18. The first-order valence-electron chi connectivity index (χ1n) is 10.8. The number of hydrogen-bond acceptors (Lipinski definition) is 11. The van der Waals surface area contributed by atoms with E-state index in [1.165, 1.54) is 4.68 Å². The molecule has 4 rings (SSSR count). The number of hydrazone groups is 1. The molecule has 0 aliphatic rings. The highest BCUT2D eigenvalue weighted by atomic mass is 16.6. The normalized spacial score (nSPS) is 11.3. The third-order valence-corrected chi connectivity index (χ3v) is 5.13. The molecule has 0 aliphatic heterocycles. The number of nitrogens with two attached hydrogens (primary N) is 1. The van der Waals surface area contributed by atoms with Gasteiger partial charge in [0.05, 0.1) is 26.5 Å². The molecule has 3 N–H and O–H groups in total. The number of nitrogens with zero attached hydrogens (tertiary/aromatic N) is 6. The molecule has 0 saturated heterocycles. The Morgan fingerprint density at radius 1 is 1.14 bits per heavy atom. The highest BCUT2D eigenvalue weighted by Crippen LogP contribution is 2.30. The lowest BCUT2D eigenvalue weighted by molar-refractivity contribution is 0.0950. The molecule has 0 aliphatic carbocycles.